The molecule has 0 fully saturated rings. The number of nitrogens with zero attached hydrogens (tertiary/aromatic N) is 3. The predicted octanol–water partition coefficient (Wildman–Crippen LogP) is 7.12. The Labute approximate surface area is 209 Å². The van der Waals surface area contributed by atoms with E-state index >= 15 is 0 Å². The molecule has 0 saturated heterocycles. The van der Waals surface area contributed by atoms with Gasteiger partial charge < -0.3 is 4.42 Å². The molecule has 2 heterocycles. The van der Waals surface area contributed by atoms with Gasteiger partial charge in [-0.3, -0.25) is 4.57 Å². The molecule has 0 saturated carbocycles. The van der Waals surface area contributed by atoms with Crippen LogP contribution in [0.3, 0.4) is 0 Å². The van der Waals surface area contributed by atoms with Crippen molar-refractivity contribution in [3.63, 3.8) is 0 Å². The maximum absolute atomic E-state index is 12.8. The van der Waals surface area contributed by atoms with Crippen LogP contribution in [0.2, 0.25) is 10.0 Å². The number of rotatable bonds is 5. The van der Waals surface area contributed by atoms with E-state index in [2.05, 4.69) is 6.07 Å². The lowest BCUT2D eigenvalue weighted by Crippen LogP contribution is -2.02. The molecule has 0 aliphatic heterocycles. The lowest BCUT2D eigenvalue weighted by Gasteiger charge is -2.10. The summed E-state index contributed by atoms with van der Waals surface area (Å²) in [5.41, 5.74) is 3.01. The summed E-state index contributed by atoms with van der Waals surface area (Å²) in [5, 5.41) is 11.8. The highest BCUT2D eigenvalue weighted by molar-refractivity contribution is 7.98. The zero-order valence-electron chi connectivity index (χ0n) is 17.5. The van der Waals surface area contributed by atoms with Crippen molar-refractivity contribution in [2.75, 3.05) is 0 Å². The van der Waals surface area contributed by atoms with Gasteiger partial charge in [-0.1, -0.05) is 71.4 Å². The lowest BCUT2D eigenvalue weighted by molar-refractivity contribution is 0.563. The third-order valence-electron chi connectivity index (χ3n) is 5.25. The quantitative estimate of drug-likeness (QED) is 0.188. The molecule has 0 aliphatic carbocycles. The number of hydrogen-bond donors (Lipinski definition) is 0. The summed E-state index contributed by atoms with van der Waals surface area (Å²) in [6.07, 6.45) is 1.76. The van der Waals surface area contributed by atoms with E-state index in [0.717, 1.165) is 10.9 Å². The SMILES string of the molecule is N#Cc1ccccc1CSc1nc(-c2cc3ccccc3oc2=O)cn1-c1ccc(Cl)cc1Cl. The largest absolute Gasteiger partial charge is 0.422 e. The second-order valence-corrected chi connectivity index (χ2v) is 9.20. The van der Waals surface area contributed by atoms with Crippen molar-refractivity contribution in [2.45, 2.75) is 10.9 Å². The van der Waals surface area contributed by atoms with E-state index in [9.17, 15) is 10.1 Å². The summed E-state index contributed by atoms with van der Waals surface area (Å²) in [5.74, 6) is 0.512. The number of imidazole rings is 1. The number of benzene rings is 3. The summed E-state index contributed by atoms with van der Waals surface area (Å²) in [6, 6.07) is 23.9. The first-order valence-corrected chi connectivity index (χ1v) is 12.0. The molecule has 8 heteroatoms. The van der Waals surface area contributed by atoms with Crippen molar-refractivity contribution in [2.24, 2.45) is 0 Å². The van der Waals surface area contributed by atoms with Crippen LogP contribution in [0.4, 0.5) is 0 Å². The first-order valence-electron chi connectivity index (χ1n) is 10.2. The van der Waals surface area contributed by atoms with Gasteiger partial charge in [-0.05, 0) is 42.0 Å². The average Bonchev–Trinajstić information content (AvgIpc) is 3.26. The Balaban J connectivity index is 1.62. The van der Waals surface area contributed by atoms with Crippen molar-refractivity contribution in [1.29, 1.82) is 5.26 Å². The molecule has 0 radical (unpaired) electrons. The van der Waals surface area contributed by atoms with Crippen LogP contribution >= 0.6 is 35.0 Å². The third kappa shape index (κ3) is 4.34. The van der Waals surface area contributed by atoms with Crippen molar-refractivity contribution in [1.82, 2.24) is 9.55 Å². The average molecular weight is 504 g/mol. The maximum atomic E-state index is 12.8. The molecular weight excluding hydrogens is 489 g/mol. The summed E-state index contributed by atoms with van der Waals surface area (Å²) >= 11 is 14.0. The lowest BCUT2D eigenvalue weighted by atomic mass is 10.1. The van der Waals surface area contributed by atoms with E-state index in [0.29, 0.717) is 49.0 Å². The monoisotopic (exact) mass is 503 g/mol. The Kier molecular flexibility index (Phi) is 6.16. The number of thioether (sulfide) groups is 1. The molecule has 0 atom stereocenters. The number of halogens is 2. The van der Waals surface area contributed by atoms with Crippen LogP contribution in [0, 0.1) is 11.3 Å². The minimum absolute atomic E-state index is 0.349. The minimum atomic E-state index is -0.475. The van der Waals surface area contributed by atoms with Crippen LogP contribution in [0.5, 0.6) is 0 Å². The van der Waals surface area contributed by atoms with E-state index in [1.54, 1.807) is 42.6 Å². The summed E-state index contributed by atoms with van der Waals surface area (Å²) < 4.78 is 7.33. The minimum Gasteiger partial charge on any atom is -0.422 e. The highest BCUT2D eigenvalue weighted by Gasteiger charge is 2.18. The standard InChI is InChI=1S/C26H15Cl2N3O2S/c27-19-9-10-23(21(28)12-19)31-14-22(20-11-16-5-3-4-8-24(16)33-25(20)32)30-26(31)34-15-18-7-2-1-6-17(18)13-29/h1-12,14H,15H2. The zero-order chi connectivity index (χ0) is 23.7. The molecule has 0 aliphatic rings. The Morgan fingerprint density at radius 1 is 1.03 bits per heavy atom. The molecule has 166 valence electrons. The maximum Gasteiger partial charge on any atom is 0.345 e. The molecule has 5 aromatic rings. The van der Waals surface area contributed by atoms with Gasteiger partial charge in [-0.25, -0.2) is 9.78 Å². The van der Waals surface area contributed by atoms with Crippen molar-refractivity contribution in [3.05, 3.63) is 111 Å². The molecule has 0 amide bonds. The van der Waals surface area contributed by atoms with Crippen LogP contribution in [-0.2, 0) is 5.75 Å². The molecule has 34 heavy (non-hydrogen) atoms. The third-order valence-corrected chi connectivity index (χ3v) is 6.79. The van der Waals surface area contributed by atoms with Gasteiger partial charge in [0.05, 0.1) is 33.6 Å². The number of nitriles is 1. The van der Waals surface area contributed by atoms with Gasteiger partial charge in [0.1, 0.15) is 5.58 Å². The highest BCUT2D eigenvalue weighted by atomic mass is 35.5. The van der Waals surface area contributed by atoms with Gasteiger partial charge in [0.15, 0.2) is 5.16 Å². The summed E-state index contributed by atoms with van der Waals surface area (Å²) in [6.45, 7) is 0. The molecule has 2 aromatic heterocycles. The van der Waals surface area contributed by atoms with Gasteiger partial charge in [-0.2, -0.15) is 5.26 Å². The number of aromatic nitrogens is 2. The normalized spacial score (nSPS) is 11.0. The highest BCUT2D eigenvalue weighted by Crippen LogP contribution is 2.33. The van der Waals surface area contributed by atoms with Crippen molar-refractivity contribution >= 4 is 45.9 Å². The van der Waals surface area contributed by atoms with E-state index in [4.69, 9.17) is 32.6 Å². The van der Waals surface area contributed by atoms with E-state index in [1.165, 1.54) is 11.8 Å². The second kappa shape index (κ2) is 9.40. The van der Waals surface area contributed by atoms with Gasteiger partial charge in [0.2, 0.25) is 0 Å². The van der Waals surface area contributed by atoms with Crippen LogP contribution in [0.1, 0.15) is 11.1 Å². The number of hydrogen-bond acceptors (Lipinski definition) is 5. The molecule has 5 rings (SSSR count). The van der Waals surface area contributed by atoms with Gasteiger partial charge in [-0.15, -0.1) is 0 Å². The Bertz CT molecular complexity index is 1640. The Morgan fingerprint density at radius 3 is 2.65 bits per heavy atom. The molecule has 5 nitrogen and oxygen atoms in total. The Hall–Kier alpha value is -3.50. The first kappa shape index (κ1) is 22.3. The molecule has 3 aromatic carbocycles. The molecule has 0 bridgehead atoms. The fourth-order valence-corrected chi connectivity index (χ4v) is 5.07. The molecule has 0 spiro atoms. The van der Waals surface area contributed by atoms with Crippen LogP contribution in [-0.4, -0.2) is 9.55 Å². The second-order valence-electron chi connectivity index (χ2n) is 7.42. The molecular formula is C26H15Cl2N3O2S. The van der Waals surface area contributed by atoms with E-state index in [-0.39, 0.29) is 0 Å². The molecule has 0 N–H and O–H groups in total. The summed E-state index contributed by atoms with van der Waals surface area (Å²) in [4.78, 5) is 17.5. The first-order chi connectivity index (χ1) is 16.5. The molecule has 0 unspecified atom stereocenters. The number of para-hydroxylation sites is 1. The van der Waals surface area contributed by atoms with Crippen LogP contribution in [0.15, 0.2) is 93.4 Å². The van der Waals surface area contributed by atoms with Gasteiger partial charge in [0.25, 0.3) is 0 Å². The van der Waals surface area contributed by atoms with Crippen molar-refractivity contribution < 1.29 is 4.42 Å². The fraction of sp³-hybridized carbons (Fsp3) is 0.0385. The fourth-order valence-electron chi connectivity index (χ4n) is 3.58. The van der Waals surface area contributed by atoms with Gasteiger partial charge in [0, 0.05) is 22.4 Å². The van der Waals surface area contributed by atoms with Crippen molar-refractivity contribution in [3.8, 4) is 23.0 Å². The predicted molar refractivity (Wildman–Crippen MR) is 136 cm³/mol. The topological polar surface area (TPSA) is 71.8 Å². The zero-order valence-corrected chi connectivity index (χ0v) is 19.9. The smallest absolute Gasteiger partial charge is 0.345 e. The summed E-state index contributed by atoms with van der Waals surface area (Å²) in [7, 11) is 0. The van der Waals surface area contributed by atoms with Gasteiger partial charge >= 0.3 is 5.63 Å². The van der Waals surface area contributed by atoms with E-state index in [1.807, 2.05) is 41.0 Å². The number of fused-ring (bicyclic) bond motifs is 1. The van der Waals surface area contributed by atoms with Crippen LogP contribution in [0.25, 0.3) is 27.9 Å². The Morgan fingerprint density at radius 2 is 1.82 bits per heavy atom. The van der Waals surface area contributed by atoms with E-state index < -0.39 is 5.63 Å². The van der Waals surface area contributed by atoms with Crippen LogP contribution < -0.4 is 5.63 Å².